The molecule has 134 valence electrons. The number of rotatable bonds is 6. The number of nitrogens with zero attached hydrogens (tertiary/aromatic N) is 2. The van der Waals surface area contributed by atoms with Gasteiger partial charge in [0.25, 0.3) is 0 Å². The summed E-state index contributed by atoms with van der Waals surface area (Å²) < 4.78 is 8.13. The molecule has 0 saturated heterocycles. The van der Waals surface area contributed by atoms with Crippen molar-refractivity contribution in [3.63, 3.8) is 0 Å². The van der Waals surface area contributed by atoms with Crippen molar-refractivity contribution in [2.75, 3.05) is 12.4 Å². The highest BCUT2D eigenvalue weighted by molar-refractivity contribution is 9.10. The fraction of sp³-hybridized carbons (Fsp3) is 0.200. The van der Waals surface area contributed by atoms with Gasteiger partial charge in [-0.3, -0.25) is 9.36 Å². The maximum Gasteiger partial charge on any atom is 0.316 e. The van der Waals surface area contributed by atoms with Crippen LogP contribution in [-0.4, -0.2) is 27.9 Å². The average molecular weight is 431 g/mol. The van der Waals surface area contributed by atoms with E-state index in [0.29, 0.717) is 6.61 Å². The lowest BCUT2D eigenvalue weighted by molar-refractivity contribution is -0.139. The Bertz CT molecular complexity index is 889. The van der Waals surface area contributed by atoms with E-state index in [-0.39, 0.29) is 11.7 Å². The molecule has 0 spiro atoms. The van der Waals surface area contributed by atoms with Crippen LogP contribution in [-0.2, 0) is 9.53 Å². The molecule has 2 aromatic carbocycles. The standard InChI is InChI=1S/C20H19BrN2O2S/c1-3-25-19(24)13-26-20-22-12-18(15-6-8-16(21)9-7-15)23(20)17-10-4-14(2)5-11-17/h4-12H,3,13H2,1-2H3. The summed E-state index contributed by atoms with van der Waals surface area (Å²) >= 11 is 4.85. The first kappa shape index (κ1) is 18.7. The Kier molecular flexibility index (Phi) is 6.16. The van der Waals surface area contributed by atoms with E-state index in [1.165, 1.54) is 17.3 Å². The zero-order valence-corrected chi connectivity index (χ0v) is 17.0. The topological polar surface area (TPSA) is 44.1 Å². The first-order chi connectivity index (χ1) is 12.6. The maximum atomic E-state index is 11.7. The summed E-state index contributed by atoms with van der Waals surface area (Å²) in [5.41, 5.74) is 4.24. The number of halogens is 1. The van der Waals surface area contributed by atoms with Gasteiger partial charge in [-0.15, -0.1) is 0 Å². The molecule has 0 atom stereocenters. The molecule has 6 heteroatoms. The summed E-state index contributed by atoms with van der Waals surface area (Å²) in [6.07, 6.45) is 1.84. The summed E-state index contributed by atoms with van der Waals surface area (Å²) in [7, 11) is 0. The Hall–Kier alpha value is -2.05. The SMILES string of the molecule is CCOC(=O)CSc1ncc(-c2ccc(Br)cc2)n1-c1ccc(C)cc1. The number of carbonyl (C=O) groups is 1. The normalized spacial score (nSPS) is 10.7. The van der Waals surface area contributed by atoms with Crippen LogP contribution in [0, 0.1) is 6.92 Å². The number of benzene rings is 2. The first-order valence-corrected chi connectivity index (χ1v) is 10.1. The van der Waals surface area contributed by atoms with Crippen LogP contribution in [0.25, 0.3) is 16.9 Å². The molecule has 0 radical (unpaired) electrons. The Morgan fingerprint density at radius 1 is 1.15 bits per heavy atom. The molecule has 0 amide bonds. The van der Waals surface area contributed by atoms with E-state index >= 15 is 0 Å². The van der Waals surface area contributed by atoms with Gasteiger partial charge in [-0.1, -0.05) is 57.5 Å². The van der Waals surface area contributed by atoms with E-state index in [0.717, 1.165) is 26.6 Å². The van der Waals surface area contributed by atoms with E-state index in [2.05, 4.69) is 56.7 Å². The molecule has 0 aliphatic rings. The lowest BCUT2D eigenvalue weighted by Crippen LogP contribution is -2.08. The van der Waals surface area contributed by atoms with Crippen molar-refractivity contribution in [2.45, 2.75) is 19.0 Å². The van der Waals surface area contributed by atoms with Crippen LogP contribution in [0.3, 0.4) is 0 Å². The highest BCUT2D eigenvalue weighted by Crippen LogP contribution is 2.30. The van der Waals surface area contributed by atoms with Gasteiger partial charge in [-0.2, -0.15) is 0 Å². The fourth-order valence-corrected chi connectivity index (χ4v) is 3.59. The number of imidazole rings is 1. The van der Waals surface area contributed by atoms with Crippen molar-refractivity contribution < 1.29 is 9.53 Å². The van der Waals surface area contributed by atoms with Crippen LogP contribution >= 0.6 is 27.7 Å². The van der Waals surface area contributed by atoms with Crippen molar-refractivity contribution in [1.82, 2.24) is 9.55 Å². The average Bonchev–Trinajstić information content (AvgIpc) is 3.05. The molecular formula is C20H19BrN2O2S. The Labute approximate surface area is 165 Å². The van der Waals surface area contributed by atoms with E-state index in [1.807, 2.05) is 30.5 Å². The van der Waals surface area contributed by atoms with Gasteiger partial charge in [0, 0.05) is 15.7 Å². The van der Waals surface area contributed by atoms with E-state index in [1.54, 1.807) is 6.92 Å². The number of aromatic nitrogens is 2. The molecule has 4 nitrogen and oxygen atoms in total. The van der Waals surface area contributed by atoms with Crippen molar-refractivity contribution in [1.29, 1.82) is 0 Å². The number of hydrogen-bond donors (Lipinski definition) is 0. The second-order valence-corrected chi connectivity index (χ2v) is 7.56. The number of carbonyl (C=O) groups excluding carboxylic acids is 1. The van der Waals surface area contributed by atoms with Crippen LogP contribution in [0.5, 0.6) is 0 Å². The lowest BCUT2D eigenvalue weighted by atomic mass is 10.1. The van der Waals surface area contributed by atoms with Gasteiger partial charge < -0.3 is 4.74 Å². The van der Waals surface area contributed by atoms with Gasteiger partial charge in [0.05, 0.1) is 24.3 Å². The Balaban J connectivity index is 2.00. The third kappa shape index (κ3) is 4.37. The predicted octanol–water partition coefficient (Wildman–Crippen LogP) is 5.27. The molecule has 1 aromatic heterocycles. The van der Waals surface area contributed by atoms with E-state index < -0.39 is 0 Å². The number of ether oxygens (including phenoxy) is 1. The zero-order valence-electron chi connectivity index (χ0n) is 14.6. The molecule has 3 rings (SSSR count). The third-order valence-electron chi connectivity index (χ3n) is 3.79. The molecule has 0 saturated carbocycles. The van der Waals surface area contributed by atoms with Gasteiger partial charge in [-0.25, -0.2) is 4.98 Å². The number of hydrogen-bond acceptors (Lipinski definition) is 4. The minimum Gasteiger partial charge on any atom is -0.465 e. The molecule has 0 unspecified atom stereocenters. The van der Waals surface area contributed by atoms with Gasteiger partial charge >= 0.3 is 5.97 Å². The van der Waals surface area contributed by atoms with Crippen LogP contribution in [0.15, 0.2) is 64.4 Å². The van der Waals surface area contributed by atoms with E-state index in [9.17, 15) is 4.79 Å². The van der Waals surface area contributed by atoms with Gasteiger partial charge in [-0.05, 0) is 38.1 Å². The van der Waals surface area contributed by atoms with Gasteiger partial charge in [0.2, 0.25) is 0 Å². The largest absolute Gasteiger partial charge is 0.465 e. The molecule has 26 heavy (non-hydrogen) atoms. The van der Waals surface area contributed by atoms with Crippen molar-refractivity contribution in [3.8, 4) is 16.9 Å². The van der Waals surface area contributed by atoms with Crippen molar-refractivity contribution in [3.05, 3.63) is 64.8 Å². The first-order valence-electron chi connectivity index (χ1n) is 8.27. The monoisotopic (exact) mass is 430 g/mol. The molecule has 1 heterocycles. The molecular weight excluding hydrogens is 412 g/mol. The van der Waals surface area contributed by atoms with Crippen molar-refractivity contribution in [2.24, 2.45) is 0 Å². The minimum atomic E-state index is -0.235. The molecule has 3 aromatic rings. The second-order valence-electron chi connectivity index (χ2n) is 5.70. The van der Waals surface area contributed by atoms with Crippen molar-refractivity contribution >= 4 is 33.7 Å². The smallest absolute Gasteiger partial charge is 0.316 e. The lowest BCUT2D eigenvalue weighted by Gasteiger charge is -2.12. The highest BCUT2D eigenvalue weighted by Gasteiger charge is 2.15. The molecule has 0 aliphatic carbocycles. The number of aryl methyl sites for hydroxylation is 1. The molecule has 0 N–H and O–H groups in total. The van der Waals surface area contributed by atoms with Crippen LogP contribution in [0.2, 0.25) is 0 Å². The quantitative estimate of drug-likeness (QED) is 0.394. The predicted molar refractivity (Wildman–Crippen MR) is 109 cm³/mol. The summed E-state index contributed by atoms with van der Waals surface area (Å²) in [6.45, 7) is 4.25. The molecule has 0 bridgehead atoms. The summed E-state index contributed by atoms with van der Waals surface area (Å²) in [4.78, 5) is 16.3. The number of esters is 1. The molecule has 0 fully saturated rings. The molecule has 0 aliphatic heterocycles. The Morgan fingerprint density at radius 3 is 2.50 bits per heavy atom. The maximum absolute atomic E-state index is 11.7. The highest BCUT2D eigenvalue weighted by atomic mass is 79.9. The Morgan fingerprint density at radius 2 is 1.85 bits per heavy atom. The van der Waals surface area contributed by atoms with Crippen LogP contribution in [0.4, 0.5) is 0 Å². The summed E-state index contributed by atoms with van der Waals surface area (Å²) in [5.74, 6) is -0.00242. The van der Waals surface area contributed by atoms with E-state index in [4.69, 9.17) is 4.74 Å². The zero-order chi connectivity index (χ0) is 18.5. The summed E-state index contributed by atoms with van der Waals surface area (Å²) in [5, 5.41) is 0.764. The third-order valence-corrected chi connectivity index (χ3v) is 5.24. The van der Waals surface area contributed by atoms with Gasteiger partial charge in [0.15, 0.2) is 5.16 Å². The minimum absolute atomic E-state index is 0.233. The summed E-state index contributed by atoms with van der Waals surface area (Å²) in [6, 6.07) is 16.4. The van der Waals surface area contributed by atoms with Crippen LogP contribution in [0.1, 0.15) is 12.5 Å². The fourth-order valence-electron chi connectivity index (χ4n) is 2.53. The van der Waals surface area contributed by atoms with Crippen LogP contribution < -0.4 is 0 Å². The van der Waals surface area contributed by atoms with Gasteiger partial charge in [0.1, 0.15) is 0 Å². The second kappa shape index (κ2) is 8.56. The number of thioether (sulfide) groups is 1.